The van der Waals surface area contributed by atoms with E-state index in [4.69, 9.17) is 10.5 Å². The van der Waals surface area contributed by atoms with E-state index in [9.17, 15) is 4.79 Å². The largest absolute Gasteiger partial charge is 0.482 e. The Morgan fingerprint density at radius 1 is 1.44 bits per heavy atom. The van der Waals surface area contributed by atoms with Gasteiger partial charge in [0.15, 0.2) is 6.61 Å². The van der Waals surface area contributed by atoms with Crippen LogP contribution in [0.4, 0.5) is 5.69 Å². The molecule has 98 valence electrons. The molecule has 4 nitrogen and oxygen atoms in total. The first-order valence-corrected chi connectivity index (χ1v) is 6.37. The lowest BCUT2D eigenvalue weighted by atomic mass is 9.96. The van der Waals surface area contributed by atoms with Crippen LogP contribution in [0.1, 0.15) is 32.4 Å². The summed E-state index contributed by atoms with van der Waals surface area (Å²) >= 11 is 0. The Hall–Kier alpha value is -1.55. The fourth-order valence-electron chi connectivity index (χ4n) is 2.16. The summed E-state index contributed by atoms with van der Waals surface area (Å²) in [5, 5.41) is 0. The van der Waals surface area contributed by atoms with Crippen LogP contribution in [0, 0.1) is 5.92 Å². The molecule has 1 aliphatic rings. The number of fused-ring (bicyclic) bond motifs is 1. The number of likely N-dealkylation sites (N-methyl/N-ethyl adjacent to an activating group) is 1. The number of rotatable bonds is 3. The molecule has 0 spiro atoms. The van der Waals surface area contributed by atoms with E-state index in [0.29, 0.717) is 12.5 Å². The van der Waals surface area contributed by atoms with Gasteiger partial charge in [-0.3, -0.25) is 4.79 Å². The number of benzene rings is 1. The van der Waals surface area contributed by atoms with Crippen molar-refractivity contribution in [3.8, 4) is 5.75 Å². The van der Waals surface area contributed by atoms with E-state index in [1.807, 2.05) is 25.1 Å². The number of hydrogen-bond donors (Lipinski definition) is 1. The SMILES string of the molecule is CCN1C(=O)COc2ccc(C(N)C(C)C)cc21. The second-order valence-corrected chi connectivity index (χ2v) is 4.92. The molecule has 1 amide bonds. The Labute approximate surface area is 108 Å². The predicted molar refractivity (Wildman–Crippen MR) is 71.7 cm³/mol. The highest BCUT2D eigenvalue weighted by Gasteiger charge is 2.25. The summed E-state index contributed by atoms with van der Waals surface area (Å²) in [5.41, 5.74) is 8.03. The molecule has 1 unspecified atom stereocenters. The van der Waals surface area contributed by atoms with Crippen LogP contribution < -0.4 is 15.4 Å². The lowest BCUT2D eigenvalue weighted by Crippen LogP contribution is -2.38. The maximum absolute atomic E-state index is 11.8. The lowest BCUT2D eigenvalue weighted by Gasteiger charge is -2.29. The van der Waals surface area contributed by atoms with E-state index < -0.39 is 0 Å². The van der Waals surface area contributed by atoms with Gasteiger partial charge in [-0.15, -0.1) is 0 Å². The van der Waals surface area contributed by atoms with Crippen LogP contribution in [0.25, 0.3) is 0 Å². The topological polar surface area (TPSA) is 55.6 Å². The van der Waals surface area contributed by atoms with Gasteiger partial charge >= 0.3 is 0 Å². The highest BCUT2D eigenvalue weighted by molar-refractivity contribution is 5.97. The first kappa shape index (κ1) is 12.9. The zero-order chi connectivity index (χ0) is 13.3. The summed E-state index contributed by atoms with van der Waals surface area (Å²) in [6.07, 6.45) is 0. The Morgan fingerprint density at radius 3 is 2.78 bits per heavy atom. The third-order valence-electron chi connectivity index (χ3n) is 3.35. The molecule has 0 saturated carbocycles. The first-order chi connectivity index (χ1) is 8.54. The normalized spacial score (nSPS) is 16.5. The van der Waals surface area contributed by atoms with Gasteiger partial charge in [0.2, 0.25) is 0 Å². The molecule has 18 heavy (non-hydrogen) atoms. The van der Waals surface area contributed by atoms with Gasteiger partial charge in [-0.25, -0.2) is 0 Å². The third kappa shape index (κ3) is 2.20. The Morgan fingerprint density at radius 2 is 2.17 bits per heavy atom. The van der Waals surface area contributed by atoms with Crippen molar-refractivity contribution >= 4 is 11.6 Å². The number of carbonyl (C=O) groups is 1. The minimum absolute atomic E-state index is 0.000248. The maximum Gasteiger partial charge on any atom is 0.265 e. The molecule has 1 aromatic rings. The van der Waals surface area contributed by atoms with E-state index in [2.05, 4.69) is 13.8 Å². The number of nitrogens with two attached hydrogens (primary N) is 1. The van der Waals surface area contributed by atoms with Gasteiger partial charge in [-0.1, -0.05) is 19.9 Å². The monoisotopic (exact) mass is 248 g/mol. The lowest BCUT2D eigenvalue weighted by molar-refractivity contribution is -0.121. The van der Waals surface area contributed by atoms with Gasteiger partial charge in [0, 0.05) is 12.6 Å². The summed E-state index contributed by atoms with van der Waals surface area (Å²) in [5.74, 6) is 1.12. The smallest absolute Gasteiger partial charge is 0.265 e. The minimum Gasteiger partial charge on any atom is -0.482 e. The number of nitrogens with zero attached hydrogens (tertiary/aromatic N) is 1. The highest BCUT2D eigenvalue weighted by Crippen LogP contribution is 2.35. The number of ether oxygens (including phenoxy) is 1. The molecule has 2 rings (SSSR count). The molecule has 1 aliphatic heterocycles. The summed E-state index contributed by atoms with van der Waals surface area (Å²) < 4.78 is 5.43. The van der Waals surface area contributed by atoms with Gasteiger partial charge in [-0.05, 0) is 30.5 Å². The van der Waals surface area contributed by atoms with Gasteiger partial charge < -0.3 is 15.4 Å². The molecule has 0 aliphatic carbocycles. The Kier molecular flexibility index (Phi) is 3.57. The summed E-state index contributed by atoms with van der Waals surface area (Å²) in [6, 6.07) is 5.83. The molecule has 4 heteroatoms. The molecular weight excluding hydrogens is 228 g/mol. The predicted octanol–water partition coefficient (Wildman–Crippen LogP) is 2.09. The molecule has 0 saturated heterocycles. The summed E-state index contributed by atoms with van der Waals surface area (Å²) in [7, 11) is 0. The number of anilines is 1. The zero-order valence-corrected chi connectivity index (χ0v) is 11.1. The van der Waals surface area contributed by atoms with Crippen molar-refractivity contribution in [2.45, 2.75) is 26.8 Å². The van der Waals surface area contributed by atoms with Crippen molar-refractivity contribution < 1.29 is 9.53 Å². The second-order valence-electron chi connectivity index (χ2n) is 4.92. The molecule has 1 heterocycles. The number of carbonyl (C=O) groups excluding carboxylic acids is 1. The van der Waals surface area contributed by atoms with Crippen molar-refractivity contribution in [3.63, 3.8) is 0 Å². The Bertz CT molecular complexity index is 457. The number of amides is 1. The van der Waals surface area contributed by atoms with E-state index >= 15 is 0 Å². The molecule has 0 bridgehead atoms. The van der Waals surface area contributed by atoms with Crippen LogP contribution in [-0.4, -0.2) is 19.1 Å². The van der Waals surface area contributed by atoms with Crippen LogP contribution in [-0.2, 0) is 4.79 Å². The highest BCUT2D eigenvalue weighted by atomic mass is 16.5. The maximum atomic E-state index is 11.8. The summed E-state index contributed by atoms with van der Waals surface area (Å²) in [6.45, 7) is 6.90. The van der Waals surface area contributed by atoms with E-state index in [-0.39, 0.29) is 18.6 Å². The van der Waals surface area contributed by atoms with Crippen LogP contribution >= 0.6 is 0 Å². The Balaban J connectivity index is 2.40. The molecule has 0 radical (unpaired) electrons. The first-order valence-electron chi connectivity index (χ1n) is 6.37. The fourth-order valence-corrected chi connectivity index (χ4v) is 2.16. The van der Waals surface area contributed by atoms with Crippen molar-refractivity contribution in [2.75, 3.05) is 18.1 Å². The molecule has 2 N–H and O–H groups in total. The van der Waals surface area contributed by atoms with Gasteiger partial charge in [-0.2, -0.15) is 0 Å². The quantitative estimate of drug-likeness (QED) is 0.891. The molecule has 0 fully saturated rings. The third-order valence-corrected chi connectivity index (χ3v) is 3.35. The second kappa shape index (κ2) is 4.98. The van der Waals surface area contributed by atoms with Crippen LogP contribution in [0.2, 0.25) is 0 Å². The van der Waals surface area contributed by atoms with Gasteiger partial charge in [0.05, 0.1) is 5.69 Å². The van der Waals surface area contributed by atoms with Crippen LogP contribution in [0.5, 0.6) is 5.75 Å². The van der Waals surface area contributed by atoms with Crippen molar-refractivity contribution in [1.29, 1.82) is 0 Å². The van der Waals surface area contributed by atoms with E-state index in [0.717, 1.165) is 17.0 Å². The van der Waals surface area contributed by atoms with E-state index in [1.54, 1.807) is 4.90 Å². The van der Waals surface area contributed by atoms with Crippen molar-refractivity contribution in [1.82, 2.24) is 0 Å². The number of hydrogen-bond acceptors (Lipinski definition) is 3. The fraction of sp³-hybridized carbons (Fsp3) is 0.500. The molecule has 0 aromatic heterocycles. The van der Waals surface area contributed by atoms with Gasteiger partial charge in [0.1, 0.15) is 5.75 Å². The van der Waals surface area contributed by atoms with Gasteiger partial charge in [0.25, 0.3) is 5.91 Å². The molecule has 1 atom stereocenters. The average molecular weight is 248 g/mol. The zero-order valence-electron chi connectivity index (χ0n) is 11.1. The minimum atomic E-state index is -0.0222. The summed E-state index contributed by atoms with van der Waals surface area (Å²) in [4.78, 5) is 13.5. The average Bonchev–Trinajstić information content (AvgIpc) is 2.37. The standard InChI is InChI=1S/C14H20N2O2/c1-4-16-11-7-10(14(15)9(2)3)5-6-12(11)18-8-13(16)17/h5-7,9,14H,4,8,15H2,1-3H3. The van der Waals surface area contributed by atoms with Crippen LogP contribution in [0.15, 0.2) is 18.2 Å². The molecule has 1 aromatic carbocycles. The van der Waals surface area contributed by atoms with Crippen molar-refractivity contribution in [3.05, 3.63) is 23.8 Å². The molecular formula is C14H20N2O2. The van der Waals surface area contributed by atoms with Crippen LogP contribution in [0.3, 0.4) is 0 Å². The van der Waals surface area contributed by atoms with Crippen molar-refractivity contribution in [2.24, 2.45) is 11.7 Å². The van der Waals surface area contributed by atoms with E-state index in [1.165, 1.54) is 0 Å².